The lowest BCUT2D eigenvalue weighted by molar-refractivity contribution is -0.118. The molecule has 0 saturated carbocycles. The lowest BCUT2D eigenvalue weighted by Gasteiger charge is -2.15. The largest absolute Gasteiger partial charge is 0.482 e. The predicted octanol–water partition coefficient (Wildman–Crippen LogP) is 5.01. The zero-order valence-corrected chi connectivity index (χ0v) is 19.6. The summed E-state index contributed by atoms with van der Waals surface area (Å²) in [7, 11) is -3.80. The summed E-state index contributed by atoms with van der Waals surface area (Å²) in [6.07, 6.45) is 0. The van der Waals surface area contributed by atoms with Crippen molar-refractivity contribution in [1.29, 1.82) is 0 Å². The lowest BCUT2D eigenvalue weighted by atomic mass is 10.1. The first kappa shape index (κ1) is 23.8. The van der Waals surface area contributed by atoms with Gasteiger partial charge in [-0.1, -0.05) is 59.6 Å². The third-order valence-corrected chi connectivity index (χ3v) is 6.69. The number of ether oxygens (including phenoxy) is 1. The number of benzene rings is 3. The Labute approximate surface area is 193 Å². The fourth-order valence-electron chi connectivity index (χ4n) is 3.16. The molecule has 0 aliphatic heterocycles. The highest BCUT2D eigenvalue weighted by molar-refractivity contribution is 7.89. The Hall–Kier alpha value is -2.87. The van der Waals surface area contributed by atoms with E-state index < -0.39 is 16.1 Å². The Morgan fingerprint density at radius 2 is 1.75 bits per heavy atom. The molecule has 0 aliphatic rings. The summed E-state index contributed by atoms with van der Waals surface area (Å²) < 4.78 is 33.6. The molecule has 1 amide bonds. The van der Waals surface area contributed by atoms with E-state index in [0.29, 0.717) is 5.69 Å². The topological polar surface area (TPSA) is 84.5 Å². The minimum absolute atomic E-state index is 0.0114. The molecule has 0 unspecified atom stereocenters. The van der Waals surface area contributed by atoms with Gasteiger partial charge in [-0.3, -0.25) is 4.79 Å². The zero-order chi connectivity index (χ0) is 23.3. The van der Waals surface area contributed by atoms with Crippen LogP contribution in [0.5, 0.6) is 5.75 Å². The molecule has 0 radical (unpaired) electrons. The summed E-state index contributed by atoms with van der Waals surface area (Å²) in [5, 5.41) is 2.88. The first-order chi connectivity index (χ1) is 15.2. The maximum absolute atomic E-state index is 12.7. The van der Waals surface area contributed by atoms with E-state index in [9.17, 15) is 13.2 Å². The van der Waals surface area contributed by atoms with Crippen molar-refractivity contribution >= 4 is 33.2 Å². The van der Waals surface area contributed by atoms with Gasteiger partial charge in [0.2, 0.25) is 10.0 Å². The van der Waals surface area contributed by atoms with Gasteiger partial charge in [0.1, 0.15) is 5.75 Å². The van der Waals surface area contributed by atoms with Crippen molar-refractivity contribution in [3.8, 4) is 5.75 Å². The molecule has 168 valence electrons. The quantitative estimate of drug-likeness (QED) is 0.482. The molecule has 0 spiro atoms. The van der Waals surface area contributed by atoms with E-state index in [1.54, 1.807) is 6.92 Å². The summed E-state index contributed by atoms with van der Waals surface area (Å²) in [5.74, 6) is -0.124. The van der Waals surface area contributed by atoms with Gasteiger partial charge in [0, 0.05) is 11.7 Å². The average molecular weight is 473 g/mol. The van der Waals surface area contributed by atoms with Crippen LogP contribution in [0.2, 0.25) is 5.02 Å². The number of rotatable bonds is 8. The van der Waals surface area contributed by atoms with Crippen LogP contribution in [-0.4, -0.2) is 20.9 Å². The summed E-state index contributed by atoms with van der Waals surface area (Å²) >= 11 is 6.23. The maximum Gasteiger partial charge on any atom is 0.262 e. The van der Waals surface area contributed by atoms with Crippen LogP contribution in [0.4, 0.5) is 5.69 Å². The van der Waals surface area contributed by atoms with E-state index in [2.05, 4.69) is 10.0 Å². The second-order valence-electron chi connectivity index (χ2n) is 7.50. The van der Waals surface area contributed by atoms with E-state index in [4.69, 9.17) is 16.3 Å². The molecule has 32 heavy (non-hydrogen) atoms. The van der Waals surface area contributed by atoms with E-state index >= 15 is 0 Å². The second kappa shape index (κ2) is 10.2. The number of amides is 1. The summed E-state index contributed by atoms with van der Waals surface area (Å²) in [6, 6.07) is 18.7. The molecule has 0 saturated heterocycles. The third kappa shape index (κ3) is 6.09. The Bertz CT molecular complexity index is 1210. The van der Waals surface area contributed by atoms with Gasteiger partial charge in [-0.2, -0.15) is 0 Å². The van der Waals surface area contributed by atoms with Crippen LogP contribution in [0.25, 0.3) is 0 Å². The molecule has 3 aromatic carbocycles. The van der Waals surface area contributed by atoms with Gasteiger partial charge in [-0.15, -0.1) is 0 Å². The molecule has 0 aromatic heterocycles. The van der Waals surface area contributed by atoms with Crippen LogP contribution in [0.3, 0.4) is 0 Å². The van der Waals surface area contributed by atoms with Gasteiger partial charge < -0.3 is 10.1 Å². The lowest BCUT2D eigenvalue weighted by Crippen LogP contribution is -2.27. The van der Waals surface area contributed by atoms with Crippen molar-refractivity contribution in [3.05, 3.63) is 88.4 Å². The molecule has 0 aliphatic carbocycles. The third-order valence-electron chi connectivity index (χ3n) is 4.86. The van der Waals surface area contributed by atoms with Gasteiger partial charge in [0.05, 0.1) is 9.92 Å². The number of nitrogens with one attached hydrogen (secondary N) is 2. The molecular formula is C24H25ClN2O4S. The van der Waals surface area contributed by atoms with Crippen molar-refractivity contribution in [2.45, 2.75) is 31.7 Å². The second-order valence-corrected chi connectivity index (χ2v) is 9.62. The number of sulfonamides is 1. The zero-order valence-electron chi connectivity index (χ0n) is 18.1. The number of hydrogen-bond acceptors (Lipinski definition) is 4. The van der Waals surface area contributed by atoms with Crippen LogP contribution < -0.4 is 14.8 Å². The van der Waals surface area contributed by atoms with Crippen molar-refractivity contribution < 1.29 is 17.9 Å². The van der Waals surface area contributed by atoms with E-state index in [1.807, 2.05) is 62.4 Å². The average Bonchev–Trinajstić information content (AvgIpc) is 2.75. The van der Waals surface area contributed by atoms with Crippen molar-refractivity contribution in [2.75, 3.05) is 11.9 Å². The molecule has 1 atom stereocenters. The molecule has 0 heterocycles. The van der Waals surface area contributed by atoms with Crippen molar-refractivity contribution in [2.24, 2.45) is 0 Å². The van der Waals surface area contributed by atoms with Gasteiger partial charge >= 0.3 is 0 Å². The van der Waals surface area contributed by atoms with E-state index in [0.717, 1.165) is 16.7 Å². The molecule has 0 bridgehead atoms. The number of anilines is 1. The SMILES string of the molecule is Cc1ccc(NC(=O)COc2ccc(S(=O)(=O)N[C@H](C)c3ccccc3)cc2Cl)c(C)c1. The van der Waals surface area contributed by atoms with Crippen molar-refractivity contribution in [3.63, 3.8) is 0 Å². The molecule has 0 fully saturated rings. The molecular weight excluding hydrogens is 448 g/mol. The van der Waals surface area contributed by atoms with E-state index in [1.165, 1.54) is 18.2 Å². The van der Waals surface area contributed by atoms with Gasteiger partial charge in [-0.05, 0) is 56.2 Å². The number of hydrogen-bond donors (Lipinski definition) is 2. The summed E-state index contributed by atoms with van der Waals surface area (Å²) in [5.41, 5.74) is 3.60. The van der Waals surface area contributed by atoms with Gasteiger partial charge in [0.15, 0.2) is 6.61 Å². The Kier molecular flexibility index (Phi) is 7.56. The smallest absolute Gasteiger partial charge is 0.262 e. The molecule has 3 aromatic rings. The fourth-order valence-corrected chi connectivity index (χ4v) is 4.72. The highest BCUT2D eigenvalue weighted by Gasteiger charge is 2.20. The Morgan fingerprint density at radius 1 is 1.03 bits per heavy atom. The van der Waals surface area contributed by atoms with Crippen LogP contribution in [0, 0.1) is 13.8 Å². The number of halogens is 1. The van der Waals surface area contributed by atoms with Gasteiger partial charge in [-0.25, -0.2) is 13.1 Å². The minimum atomic E-state index is -3.80. The predicted molar refractivity (Wildman–Crippen MR) is 127 cm³/mol. The Balaban J connectivity index is 1.63. The standard InChI is InChI=1S/C24H25ClN2O4S/c1-16-9-11-22(17(2)13-16)26-24(28)15-31-23-12-10-20(14-21(23)25)32(29,30)27-18(3)19-7-5-4-6-8-19/h4-14,18,27H,15H2,1-3H3,(H,26,28)/t18-/m1/s1. The fraction of sp³-hybridized carbons (Fsp3) is 0.208. The summed E-state index contributed by atoms with van der Waals surface area (Å²) in [4.78, 5) is 12.2. The molecule has 6 nitrogen and oxygen atoms in total. The molecule has 8 heteroatoms. The highest BCUT2D eigenvalue weighted by Crippen LogP contribution is 2.28. The van der Waals surface area contributed by atoms with Gasteiger partial charge in [0.25, 0.3) is 5.91 Å². The number of carbonyl (C=O) groups excluding carboxylic acids is 1. The summed E-state index contributed by atoms with van der Waals surface area (Å²) in [6.45, 7) is 5.39. The van der Waals surface area contributed by atoms with Crippen LogP contribution in [-0.2, 0) is 14.8 Å². The van der Waals surface area contributed by atoms with Crippen LogP contribution in [0.15, 0.2) is 71.6 Å². The molecule has 2 N–H and O–H groups in total. The van der Waals surface area contributed by atoms with E-state index in [-0.39, 0.29) is 28.2 Å². The number of aryl methyl sites for hydroxylation is 2. The van der Waals surface area contributed by atoms with Crippen LogP contribution in [0.1, 0.15) is 29.7 Å². The Morgan fingerprint density at radius 3 is 2.41 bits per heavy atom. The normalized spacial score (nSPS) is 12.2. The maximum atomic E-state index is 12.7. The monoisotopic (exact) mass is 472 g/mol. The minimum Gasteiger partial charge on any atom is -0.482 e. The number of carbonyl (C=O) groups is 1. The van der Waals surface area contributed by atoms with Crippen LogP contribution >= 0.6 is 11.6 Å². The van der Waals surface area contributed by atoms with Crippen molar-refractivity contribution in [1.82, 2.24) is 4.72 Å². The highest BCUT2D eigenvalue weighted by atomic mass is 35.5. The first-order valence-electron chi connectivity index (χ1n) is 10.0. The first-order valence-corrected chi connectivity index (χ1v) is 11.9. The molecule has 3 rings (SSSR count).